The Morgan fingerprint density at radius 2 is 1.93 bits per heavy atom. The van der Waals surface area contributed by atoms with Gasteiger partial charge in [0, 0.05) is 19.6 Å². The number of rotatable bonds is 2. The molecule has 0 saturated carbocycles. The zero-order chi connectivity index (χ0) is 20.6. The van der Waals surface area contributed by atoms with Crippen LogP contribution in [0, 0.1) is 0 Å². The third-order valence-corrected chi connectivity index (χ3v) is 5.48. The van der Waals surface area contributed by atoms with E-state index in [1.165, 1.54) is 0 Å². The number of fused-ring (bicyclic) bond motifs is 1. The molecule has 158 valence electrons. The summed E-state index contributed by atoms with van der Waals surface area (Å²) in [4.78, 5) is 32.8. The van der Waals surface area contributed by atoms with Gasteiger partial charge in [0.25, 0.3) is 0 Å². The molecule has 1 atom stereocenters. The van der Waals surface area contributed by atoms with Crippen LogP contribution in [0.3, 0.4) is 0 Å². The lowest BCUT2D eigenvalue weighted by molar-refractivity contribution is -0.000965. The highest BCUT2D eigenvalue weighted by Crippen LogP contribution is 2.32. The molecular weight excluding hydrogens is 372 g/mol. The molecule has 8 nitrogen and oxygen atoms in total. The van der Waals surface area contributed by atoms with E-state index >= 15 is 0 Å². The van der Waals surface area contributed by atoms with Crippen LogP contribution >= 0.6 is 0 Å². The van der Waals surface area contributed by atoms with Gasteiger partial charge < -0.3 is 19.4 Å². The number of anilines is 1. The number of nitrogens with zero attached hydrogens (tertiary/aromatic N) is 3. The summed E-state index contributed by atoms with van der Waals surface area (Å²) >= 11 is 0. The van der Waals surface area contributed by atoms with Crippen LogP contribution in [0.15, 0.2) is 23.0 Å². The van der Waals surface area contributed by atoms with E-state index in [0.29, 0.717) is 19.8 Å². The summed E-state index contributed by atoms with van der Waals surface area (Å²) in [5.41, 5.74) is 1.87. The van der Waals surface area contributed by atoms with Crippen molar-refractivity contribution in [3.63, 3.8) is 0 Å². The third kappa shape index (κ3) is 3.99. The van der Waals surface area contributed by atoms with Crippen LogP contribution in [0.1, 0.15) is 46.2 Å². The van der Waals surface area contributed by atoms with Gasteiger partial charge in [0.2, 0.25) is 0 Å². The SMILES string of the molecule is CC(C)(C)OC(=O)N1CCCCC1n1c(=O)[nH]c2c(N3CCOCC3)cccc21. The molecular formula is C21H30N4O4. The number of ether oxygens (including phenoxy) is 2. The first-order chi connectivity index (χ1) is 13.8. The number of hydrogen-bond donors (Lipinski definition) is 1. The number of piperidine rings is 1. The number of H-pyrrole nitrogens is 1. The number of likely N-dealkylation sites (tertiary alicyclic amines) is 1. The predicted octanol–water partition coefficient (Wildman–Crippen LogP) is 3.09. The van der Waals surface area contributed by atoms with Crippen LogP contribution in [0.25, 0.3) is 11.0 Å². The van der Waals surface area contributed by atoms with Crippen molar-refractivity contribution in [1.82, 2.24) is 14.5 Å². The molecule has 1 aromatic carbocycles. The molecule has 3 heterocycles. The number of carbonyl (C=O) groups excluding carboxylic acids is 1. The average molecular weight is 402 g/mol. The number of amides is 1. The molecule has 0 aliphatic carbocycles. The first-order valence-corrected chi connectivity index (χ1v) is 10.4. The van der Waals surface area contributed by atoms with Crippen molar-refractivity contribution >= 4 is 22.8 Å². The molecule has 0 spiro atoms. The number of imidazole rings is 1. The lowest BCUT2D eigenvalue weighted by Crippen LogP contribution is -2.45. The quantitative estimate of drug-likeness (QED) is 0.835. The summed E-state index contributed by atoms with van der Waals surface area (Å²) in [5, 5.41) is 0. The fraction of sp³-hybridized carbons (Fsp3) is 0.619. The van der Waals surface area contributed by atoms with Gasteiger partial charge in [-0.3, -0.25) is 9.47 Å². The molecule has 2 fully saturated rings. The number of carbonyl (C=O) groups is 1. The van der Waals surface area contributed by atoms with Crippen molar-refractivity contribution in [1.29, 1.82) is 0 Å². The van der Waals surface area contributed by atoms with E-state index in [9.17, 15) is 9.59 Å². The van der Waals surface area contributed by atoms with Crippen molar-refractivity contribution in [2.45, 2.75) is 51.8 Å². The molecule has 0 radical (unpaired) electrons. The largest absolute Gasteiger partial charge is 0.444 e. The number of morpholine rings is 1. The van der Waals surface area contributed by atoms with Crippen LogP contribution in [-0.2, 0) is 9.47 Å². The van der Waals surface area contributed by atoms with Crippen LogP contribution in [0.4, 0.5) is 10.5 Å². The van der Waals surface area contributed by atoms with Gasteiger partial charge in [0.15, 0.2) is 0 Å². The first-order valence-electron chi connectivity index (χ1n) is 10.4. The minimum Gasteiger partial charge on any atom is -0.444 e. The first kappa shape index (κ1) is 19.8. The molecule has 0 bridgehead atoms. The maximum absolute atomic E-state index is 13.0. The number of aromatic amines is 1. The lowest BCUT2D eigenvalue weighted by atomic mass is 10.1. The third-order valence-electron chi connectivity index (χ3n) is 5.48. The molecule has 2 saturated heterocycles. The molecule has 1 amide bonds. The van der Waals surface area contributed by atoms with Crippen molar-refractivity contribution < 1.29 is 14.3 Å². The second-order valence-corrected chi connectivity index (χ2v) is 8.72. The lowest BCUT2D eigenvalue weighted by Gasteiger charge is -2.37. The molecule has 1 aromatic heterocycles. The Kier molecular flexibility index (Phi) is 5.29. The van der Waals surface area contributed by atoms with Gasteiger partial charge >= 0.3 is 11.8 Å². The monoisotopic (exact) mass is 402 g/mol. The van der Waals surface area contributed by atoms with E-state index in [0.717, 1.165) is 49.1 Å². The highest BCUT2D eigenvalue weighted by molar-refractivity contribution is 5.89. The van der Waals surface area contributed by atoms with Gasteiger partial charge in [-0.1, -0.05) is 6.07 Å². The van der Waals surface area contributed by atoms with Gasteiger partial charge in [-0.05, 0) is 52.2 Å². The summed E-state index contributed by atoms with van der Waals surface area (Å²) in [5.74, 6) is 0. The Morgan fingerprint density at radius 1 is 1.17 bits per heavy atom. The Morgan fingerprint density at radius 3 is 2.66 bits per heavy atom. The van der Waals surface area contributed by atoms with Crippen molar-refractivity contribution in [2.75, 3.05) is 37.7 Å². The van der Waals surface area contributed by atoms with Gasteiger partial charge in [-0.2, -0.15) is 0 Å². The highest BCUT2D eigenvalue weighted by atomic mass is 16.6. The summed E-state index contributed by atoms with van der Waals surface area (Å²) in [6.07, 6.45) is 1.89. The van der Waals surface area contributed by atoms with Crippen LogP contribution in [0.5, 0.6) is 0 Å². The molecule has 1 N–H and O–H groups in total. The smallest absolute Gasteiger partial charge is 0.411 e. The van der Waals surface area contributed by atoms with Gasteiger partial charge in [0.05, 0.1) is 29.9 Å². The van der Waals surface area contributed by atoms with E-state index in [4.69, 9.17) is 9.47 Å². The fourth-order valence-electron chi connectivity index (χ4n) is 4.21. The van der Waals surface area contributed by atoms with Crippen LogP contribution in [-0.4, -0.2) is 59.0 Å². The highest BCUT2D eigenvalue weighted by Gasteiger charge is 2.33. The maximum atomic E-state index is 13.0. The number of para-hydroxylation sites is 1. The minimum atomic E-state index is -0.576. The predicted molar refractivity (Wildman–Crippen MR) is 111 cm³/mol. The molecule has 2 aromatic rings. The molecule has 8 heteroatoms. The van der Waals surface area contributed by atoms with E-state index < -0.39 is 5.60 Å². The number of nitrogens with one attached hydrogen (secondary N) is 1. The topological polar surface area (TPSA) is 79.8 Å². The zero-order valence-corrected chi connectivity index (χ0v) is 17.4. The van der Waals surface area contributed by atoms with Crippen molar-refractivity contribution in [2.24, 2.45) is 0 Å². The number of benzene rings is 1. The molecule has 2 aliphatic rings. The van der Waals surface area contributed by atoms with E-state index in [1.807, 2.05) is 39.0 Å². The zero-order valence-electron chi connectivity index (χ0n) is 17.4. The van der Waals surface area contributed by atoms with Gasteiger partial charge in [0.1, 0.15) is 11.8 Å². The standard InChI is InChI=1S/C21H30N4O4/c1-21(2,3)29-20(27)24-10-5-4-9-17(24)25-16-8-6-7-15(18(16)22-19(25)26)23-11-13-28-14-12-23/h6-8,17H,4-5,9-14H2,1-3H3,(H,22,26). The van der Waals surface area contributed by atoms with E-state index in [-0.39, 0.29) is 17.9 Å². The molecule has 2 aliphatic heterocycles. The molecule has 1 unspecified atom stereocenters. The van der Waals surface area contributed by atoms with Crippen LogP contribution < -0.4 is 10.6 Å². The summed E-state index contributed by atoms with van der Waals surface area (Å²) in [6, 6.07) is 5.94. The van der Waals surface area contributed by atoms with Gasteiger partial charge in [-0.15, -0.1) is 0 Å². The van der Waals surface area contributed by atoms with Gasteiger partial charge in [-0.25, -0.2) is 9.59 Å². The Bertz CT molecular complexity index is 936. The average Bonchev–Trinajstić information content (AvgIpc) is 3.03. The second kappa shape index (κ2) is 7.74. The maximum Gasteiger partial charge on any atom is 0.411 e. The van der Waals surface area contributed by atoms with Crippen LogP contribution in [0.2, 0.25) is 0 Å². The normalized spacial score (nSPS) is 20.9. The van der Waals surface area contributed by atoms with E-state index in [2.05, 4.69) is 9.88 Å². The Hall–Kier alpha value is -2.48. The van der Waals surface area contributed by atoms with Crippen molar-refractivity contribution in [3.05, 3.63) is 28.7 Å². The second-order valence-electron chi connectivity index (χ2n) is 8.72. The molecule has 4 rings (SSSR count). The van der Waals surface area contributed by atoms with Crippen molar-refractivity contribution in [3.8, 4) is 0 Å². The summed E-state index contributed by atoms with van der Waals surface area (Å²) in [7, 11) is 0. The minimum absolute atomic E-state index is 0.193. The Labute approximate surface area is 170 Å². The Balaban J connectivity index is 1.73. The molecule has 29 heavy (non-hydrogen) atoms. The number of hydrogen-bond acceptors (Lipinski definition) is 5. The fourth-order valence-corrected chi connectivity index (χ4v) is 4.21. The summed E-state index contributed by atoms with van der Waals surface area (Å²) in [6.45, 7) is 9.09. The number of aromatic nitrogens is 2. The van der Waals surface area contributed by atoms with E-state index in [1.54, 1.807) is 9.47 Å². The summed E-state index contributed by atoms with van der Waals surface area (Å²) < 4.78 is 12.8.